The molecule has 9 heteroatoms. The summed E-state index contributed by atoms with van der Waals surface area (Å²) in [5.74, 6) is 0.743. The second-order valence-electron chi connectivity index (χ2n) is 7.48. The van der Waals surface area contributed by atoms with Crippen LogP contribution in [-0.4, -0.2) is 57.6 Å². The Morgan fingerprint density at radius 3 is 2.29 bits per heavy atom. The number of aryl methyl sites for hydroxylation is 1. The number of ether oxygens (including phenoxy) is 2. The molecule has 3 rings (SSSR count). The van der Waals surface area contributed by atoms with Crippen LogP contribution in [0.5, 0.6) is 11.6 Å². The number of anilines is 1. The summed E-state index contributed by atoms with van der Waals surface area (Å²) in [5, 5.41) is 0. The van der Waals surface area contributed by atoms with Gasteiger partial charge in [-0.25, -0.2) is 13.4 Å². The average molecular weight is 484 g/mol. The van der Waals surface area contributed by atoms with Gasteiger partial charge >= 0.3 is 0 Å². The van der Waals surface area contributed by atoms with Crippen molar-refractivity contribution in [2.45, 2.75) is 18.7 Å². The van der Waals surface area contributed by atoms with Gasteiger partial charge in [0, 0.05) is 19.2 Å². The smallest absolute Gasteiger partial charge is 0.264 e. The molecule has 1 amide bonds. The van der Waals surface area contributed by atoms with Crippen LogP contribution in [0.2, 0.25) is 0 Å². The number of benzene rings is 2. The van der Waals surface area contributed by atoms with Gasteiger partial charge in [-0.2, -0.15) is 0 Å². The molecule has 0 unspecified atom stereocenters. The average Bonchev–Trinajstić information content (AvgIpc) is 2.86. The van der Waals surface area contributed by atoms with Crippen molar-refractivity contribution in [3.8, 4) is 11.6 Å². The highest BCUT2D eigenvalue weighted by molar-refractivity contribution is 7.92. The molecule has 1 heterocycles. The summed E-state index contributed by atoms with van der Waals surface area (Å²) in [6.45, 7) is 4.11. The maximum Gasteiger partial charge on any atom is 0.264 e. The number of hydrogen-bond acceptors (Lipinski definition) is 6. The molecule has 0 spiro atoms. The van der Waals surface area contributed by atoms with Crippen LogP contribution in [0.4, 0.5) is 5.69 Å². The van der Waals surface area contributed by atoms with E-state index in [1.54, 1.807) is 60.4 Å². The van der Waals surface area contributed by atoms with Gasteiger partial charge in [-0.15, -0.1) is 0 Å². The molecule has 0 aliphatic carbocycles. The molecule has 0 aliphatic heterocycles. The first-order valence-corrected chi connectivity index (χ1v) is 12.3. The first-order valence-electron chi connectivity index (χ1n) is 10.9. The van der Waals surface area contributed by atoms with Crippen molar-refractivity contribution in [3.05, 3.63) is 78.5 Å². The molecule has 2 aromatic carbocycles. The molecule has 0 atom stereocenters. The van der Waals surface area contributed by atoms with Crippen molar-refractivity contribution < 1.29 is 22.7 Å². The Morgan fingerprint density at radius 2 is 1.68 bits per heavy atom. The zero-order chi connectivity index (χ0) is 24.6. The van der Waals surface area contributed by atoms with E-state index >= 15 is 0 Å². The molecule has 0 aliphatic rings. The highest BCUT2D eigenvalue weighted by atomic mass is 32.2. The number of rotatable bonds is 11. The van der Waals surface area contributed by atoms with Crippen LogP contribution >= 0.6 is 0 Å². The molecule has 0 saturated heterocycles. The van der Waals surface area contributed by atoms with Crippen molar-refractivity contribution in [1.82, 2.24) is 9.88 Å². The molecule has 0 N–H and O–H groups in total. The van der Waals surface area contributed by atoms with E-state index in [2.05, 4.69) is 4.98 Å². The minimum Gasteiger partial charge on any atom is -0.484 e. The number of likely N-dealkylation sites (N-methyl/N-ethyl adjacent to an activating group) is 1. The van der Waals surface area contributed by atoms with Crippen molar-refractivity contribution >= 4 is 21.6 Å². The molecule has 0 bridgehead atoms. The van der Waals surface area contributed by atoms with E-state index < -0.39 is 10.0 Å². The van der Waals surface area contributed by atoms with E-state index in [0.717, 1.165) is 0 Å². The zero-order valence-electron chi connectivity index (χ0n) is 19.5. The summed E-state index contributed by atoms with van der Waals surface area (Å²) in [7, 11) is -2.41. The predicted molar refractivity (Wildman–Crippen MR) is 131 cm³/mol. The van der Waals surface area contributed by atoms with Crippen LogP contribution in [0.3, 0.4) is 0 Å². The van der Waals surface area contributed by atoms with Crippen molar-refractivity contribution in [2.75, 3.05) is 37.7 Å². The largest absolute Gasteiger partial charge is 0.484 e. The van der Waals surface area contributed by atoms with Gasteiger partial charge in [0.25, 0.3) is 15.9 Å². The normalized spacial score (nSPS) is 11.0. The first kappa shape index (κ1) is 25.0. The number of amides is 1. The van der Waals surface area contributed by atoms with E-state index in [1.165, 1.54) is 17.6 Å². The quantitative estimate of drug-likeness (QED) is 0.415. The number of nitrogens with zero attached hydrogens (tertiary/aromatic N) is 3. The van der Waals surface area contributed by atoms with Gasteiger partial charge in [0.2, 0.25) is 5.88 Å². The number of methoxy groups -OCH3 is 1. The van der Waals surface area contributed by atoms with Crippen molar-refractivity contribution in [3.63, 3.8) is 0 Å². The fourth-order valence-corrected chi connectivity index (χ4v) is 5.09. The van der Waals surface area contributed by atoms with Gasteiger partial charge in [0.15, 0.2) is 6.61 Å². The molecule has 3 aromatic rings. The lowest BCUT2D eigenvalue weighted by Gasteiger charge is -2.28. The summed E-state index contributed by atoms with van der Waals surface area (Å²) < 4.78 is 39.2. The molecule has 180 valence electrons. The lowest BCUT2D eigenvalue weighted by Crippen LogP contribution is -2.42. The Labute approximate surface area is 200 Å². The number of hydrogen-bond donors (Lipinski definition) is 0. The summed E-state index contributed by atoms with van der Waals surface area (Å²) in [4.78, 5) is 18.7. The lowest BCUT2D eigenvalue weighted by molar-refractivity contribution is -0.133. The number of aromatic nitrogens is 1. The van der Waals surface area contributed by atoms with E-state index in [1.807, 2.05) is 25.1 Å². The highest BCUT2D eigenvalue weighted by Crippen LogP contribution is 2.26. The van der Waals surface area contributed by atoms with E-state index in [0.29, 0.717) is 29.4 Å². The molecule has 0 radical (unpaired) electrons. The Hall–Kier alpha value is -3.59. The van der Waals surface area contributed by atoms with E-state index in [4.69, 9.17) is 9.47 Å². The van der Waals surface area contributed by atoms with Crippen LogP contribution in [0.15, 0.2) is 77.8 Å². The third kappa shape index (κ3) is 6.05. The second-order valence-corrected chi connectivity index (χ2v) is 9.31. The highest BCUT2D eigenvalue weighted by Gasteiger charge is 2.27. The maximum absolute atomic E-state index is 13.6. The zero-order valence-corrected chi connectivity index (χ0v) is 20.4. The molecule has 8 nitrogen and oxygen atoms in total. The second kappa shape index (κ2) is 11.5. The summed E-state index contributed by atoms with van der Waals surface area (Å²) in [6, 6.07) is 19.1. The predicted octanol–water partition coefficient (Wildman–Crippen LogP) is 3.52. The first-order chi connectivity index (χ1) is 16.4. The summed E-state index contributed by atoms with van der Waals surface area (Å²) in [6.07, 6.45) is 1.45. The SMILES string of the molecule is CCN(CCN(c1ccc(OC)nc1)S(=O)(=O)c1ccccc1C)C(=O)COc1ccccc1. The fourth-order valence-electron chi connectivity index (χ4n) is 3.42. The van der Waals surface area contributed by atoms with Gasteiger partial charge in [-0.1, -0.05) is 36.4 Å². The van der Waals surface area contributed by atoms with Crippen LogP contribution < -0.4 is 13.8 Å². The molecule has 1 aromatic heterocycles. The number of sulfonamides is 1. The van der Waals surface area contributed by atoms with Crippen LogP contribution in [0.1, 0.15) is 12.5 Å². The molecular weight excluding hydrogens is 454 g/mol. The van der Waals surface area contributed by atoms with Crippen LogP contribution in [0, 0.1) is 6.92 Å². The number of carbonyl (C=O) groups excluding carboxylic acids is 1. The third-order valence-electron chi connectivity index (χ3n) is 5.29. The molecule has 0 saturated carbocycles. The van der Waals surface area contributed by atoms with Gasteiger partial charge in [-0.3, -0.25) is 9.10 Å². The van der Waals surface area contributed by atoms with E-state index in [9.17, 15) is 13.2 Å². The van der Waals surface area contributed by atoms with Gasteiger partial charge in [-0.05, 0) is 43.7 Å². The van der Waals surface area contributed by atoms with Crippen LogP contribution in [-0.2, 0) is 14.8 Å². The molecular formula is C25H29N3O5S. The molecule has 0 fully saturated rings. The monoisotopic (exact) mass is 483 g/mol. The van der Waals surface area contributed by atoms with Crippen molar-refractivity contribution in [2.24, 2.45) is 0 Å². The van der Waals surface area contributed by atoms with Gasteiger partial charge in [0.05, 0.1) is 30.4 Å². The molecule has 34 heavy (non-hydrogen) atoms. The Morgan fingerprint density at radius 1 is 0.971 bits per heavy atom. The topological polar surface area (TPSA) is 89.0 Å². The van der Waals surface area contributed by atoms with Crippen LogP contribution in [0.25, 0.3) is 0 Å². The van der Waals surface area contributed by atoms with Gasteiger partial charge < -0.3 is 14.4 Å². The summed E-state index contributed by atoms with van der Waals surface area (Å²) in [5.41, 5.74) is 1.02. The maximum atomic E-state index is 13.6. The number of carbonyl (C=O) groups is 1. The third-order valence-corrected chi connectivity index (χ3v) is 7.28. The number of pyridine rings is 1. The minimum absolute atomic E-state index is 0.0512. The van der Waals surface area contributed by atoms with E-state index in [-0.39, 0.29) is 30.5 Å². The minimum atomic E-state index is -3.91. The number of para-hydroxylation sites is 1. The standard InChI is InChI=1S/C25H29N3O5S/c1-4-27(25(29)19-33-22-11-6-5-7-12-22)16-17-28(21-14-15-24(32-3)26-18-21)34(30,31)23-13-9-8-10-20(23)2/h5-15,18H,4,16-17,19H2,1-3H3. The van der Waals surface area contributed by atoms with Gasteiger partial charge in [0.1, 0.15) is 5.75 Å². The lowest BCUT2D eigenvalue weighted by atomic mass is 10.2. The Bertz CT molecular complexity index is 1180. The fraction of sp³-hybridized carbons (Fsp3) is 0.280. The van der Waals surface area contributed by atoms with Crippen molar-refractivity contribution in [1.29, 1.82) is 0 Å². The Balaban J connectivity index is 1.81. The summed E-state index contributed by atoms with van der Waals surface area (Å²) >= 11 is 0. The Kier molecular flexibility index (Phi) is 8.48.